The monoisotopic (exact) mass is 306 g/mol. The number of halogens is 1. The van der Waals surface area contributed by atoms with Crippen LogP contribution in [0.25, 0.3) is 0 Å². The van der Waals surface area contributed by atoms with Gasteiger partial charge in [0.1, 0.15) is 0 Å². The molecule has 0 aromatic carbocycles. The van der Waals surface area contributed by atoms with Crippen LogP contribution in [0.15, 0.2) is 0 Å². The number of hydrogen-bond donors (Lipinski definition) is 1. The van der Waals surface area contributed by atoms with Gasteiger partial charge in [0.05, 0.1) is 13.5 Å². The Labute approximate surface area is 127 Å². The summed E-state index contributed by atoms with van der Waals surface area (Å²) < 4.78 is 4.63. The molecule has 0 spiro atoms. The molecule has 1 amide bonds. The molecule has 0 aromatic heterocycles. The zero-order chi connectivity index (χ0) is 14.3. The number of carbonyl (C=O) groups excluding carboxylic acids is 2. The molecule has 118 valence electrons. The van der Waals surface area contributed by atoms with Crippen molar-refractivity contribution in [3.05, 3.63) is 0 Å². The lowest BCUT2D eigenvalue weighted by Crippen LogP contribution is -2.37. The number of carbonyl (C=O) groups is 2. The highest BCUT2D eigenvalue weighted by molar-refractivity contribution is 5.85. The molecule has 0 radical (unpaired) electrons. The molecule has 0 aromatic rings. The molecule has 1 N–H and O–H groups in total. The third kappa shape index (κ3) is 7.10. The maximum Gasteiger partial charge on any atom is 0.307 e. The number of nitrogens with zero attached hydrogens (tertiary/aromatic N) is 1. The minimum absolute atomic E-state index is 0. The third-order valence-corrected chi connectivity index (χ3v) is 3.38. The van der Waals surface area contributed by atoms with Gasteiger partial charge in [-0.25, -0.2) is 0 Å². The minimum Gasteiger partial charge on any atom is -0.469 e. The van der Waals surface area contributed by atoms with E-state index < -0.39 is 0 Å². The molecule has 1 aliphatic rings. The van der Waals surface area contributed by atoms with Crippen molar-refractivity contribution in [1.29, 1.82) is 0 Å². The highest BCUT2D eigenvalue weighted by atomic mass is 35.5. The number of esters is 1. The SMILES string of the molecule is COC(=O)CCN(CC(C)C)C(=O)CC1CCNC1.Cl. The van der Waals surface area contributed by atoms with E-state index in [0.29, 0.717) is 31.3 Å². The lowest BCUT2D eigenvalue weighted by Gasteiger charge is -2.25. The predicted molar refractivity (Wildman–Crippen MR) is 80.9 cm³/mol. The second-order valence-corrected chi connectivity index (χ2v) is 5.62. The summed E-state index contributed by atoms with van der Waals surface area (Å²) in [5, 5.41) is 3.27. The van der Waals surface area contributed by atoms with E-state index >= 15 is 0 Å². The fourth-order valence-corrected chi connectivity index (χ4v) is 2.35. The van der Waals surface area contributed by atoms with Gasteiger partial charge in [-0.2, -0.15) is 0 Å². The lowest BCUT2D eigenvalue weighted by molar-refractivity contribution is -0.142. The van der Waals surface area contributed by atoms with Crippen LogP contribution in [0.2, 0.25) is 0 Å². The summed E-state index contributed by atoms with van der Waals surface area (Å²) in [7, 11) is 1.38. The van der Waals surface area contributed by atoms with E-state index in [1.165, 1.54) is 7.11 Å². The van der Waals surface area contributed by atoms with Crippen LogP contribution in [0.4, 0.5) is 0 Å². The topological polar surface area (TPSA) is 58.6 Å². The Morgan fingerprint density at radius 3 is 2.60 bits per heavy atom. The summed E-state index contributed by atoms with van der Waals surface area (Å²) in [4.78, 5) is 25.3. The Morgan fingerprint density at radius 1 is 1.40 bits per heavy atom. The van der Waals surface area contributed by atoms with Crippen molar-refractivity contribution in [1.82, 2.24) is 10.2 Å². The van der Waals surface area contributed by atoms with Crippen molar-refractivity contribution in [2.75, 3.05) is 33.3 Å². The normalized spacial score (nSPS) is 17.7. The smallest absolute Gasteiger partial charge is 0.307 e. The Morgan fingerprint density at radius 2 is 2.10 bits per heavy atom. The Hall–Kier alpha value is -0.810. The maximum atomic E-state index is 12.3. The summed E-state index contributed by atoms with van der Waals surface area (Å²) in [5.41, 5.74) is 0. The highest BCUT2D eigenvalue weighted by Gasteiger charge is 2.22. The zero-order valence-electron chi connectivity index (χ0n) is 12.7. The Bertz CT molecular complexity index is 305. The van der Waals surface area contributed by atoms with Crippen LogP contribution in [0.5, 0.6) is 0 Å². The minimum atomic E-state index is -0.260. The van der Waals surface area contributed by atoms with Crippen molar-refractivity contribution in [3.63, 3.8) is 0 Å². The van der Waals surface area contributed by atoms with Crippen LogP contribution in [-0.2, 0) is 14.3 Å². The van der Waals surface area contributed by atoms with E-state index in [0.717, 1.165) is 19.5 Å². The molecule has 1 saturated heterocycles. The largest absolute Gasteiger partial charge is 0.469 e. The van der Waals surface area contributed by atoms with Crippen molar-refractivity contribution >= 4 is 24.3 Å². The van der Waals surface area contributed by atoms with Gasteiger partial charge in [0.25, 0.3) is 0 Å². The number of rotatable bonds is 7. The standard InChI is InChI=1S/C14H26N2O3.ClH/c1-11(2)10-16(7-5-14(18)19-3)13(17)8-12-4-6-15-9-12;/h11-12,15H,4-10H2,1-3H3;1H. The van der Waals surface area contributed by atoms with Crippen molar-refractivity contribution in [3.8, 4) is 0 Å². The summed E-state index contributed by atoms with van der Waals surface area (Å²) >= 11 is 0. The second kappa shape index (κ2) is 10.00. The molecule has 1 atom stereocenters. The number of hydrogen-bond acceptors (Lipinski definition) is 4. The van der Waals surface area contributed by atoms with Crippen molar-refractivity contribution in [2.45, 2.75) is 33.1 Å². The first-order valence-electron chi connectivity index (χ1n) is 7.08. The van der Waals surface area contributed by atoms with Gasteiger partial charge in [0.15, 0.2) is 0 Å². The maximum absolute atomic E-state index is 12.3. The van der Waals surface area contributed by atoms with E-state index in [1.54, 1.807) is 4.90 Å². The fraction of sp³-hybridized carbons (Fsp3) is 0.857. The molecule has 1 heterocycles. The van der Waals surface area contributed by atoms with Gasteiger partial charge < -0.3 is 15.0 Å². The van der Waals surface area contributed by atoms with Crippen LogP contribution in [0.1, 0.15) is 33.1 Å². The first-order chi connectivity index (χ1) is 9.02. The molecular weight excluding hydrogens is 280 g/mol. The lowest BCUT2D eigenvalue weighted by atomic mass is 10.0. The van der Waals surface area contributed by atoms with Crippen molar-refractivity contribution < 1.29 is 14.3 Å². The molecule has 5 nitrogen and oxygen atoms in total. The molecule has 6 heteroatoms. The van der Waals surface area contributed by atoms with Gasteiger partial charge >= 0.3 is 5.97 Å². The van der Waals surface area contributed by atoms with Crippen LogP contribution in [-0.4, -0.2) is 50.1 Å². The van der Waals surface area contributed by atoms with Gasteiger partial charge in [-0.15, -0.1) is 12.4 Å². The Kier molecular flexibility index (Phi) is 9.59. The van der Waals surface area contributed by atoms with Crippen LogP contribution < -0.4 is 5.32 Å². The molecule has 0 saturated carbocycles. The Balaban J connectivity index is 0.00000361. The predicted octanol–water partition coefficient (Wildman–Crippen LogP) is 1.46. The van der Waals surface area contributed by atoms with Gasteiger partial charge in [0.2, 0.25) is 5.91 Å². The molecule has 0 bridgehead atoms. The third-order valence-electron chi connectivity index (χ3n) is 3.38. The second-order valence-electron chi connectivity index (χ2n) is 5.62. The molecule has 1 aliphatic heterocycles. The first-order valence-corrected chi connectivity index (χ1v) is 7.08. The number of nitrogens with one attached hydrogen (secondary N) is 1. The van der Waals surface area contributed by atoms with Crippen LogP contribution in [0.3, 0.4) is 0 Å². The van der Waals surface area contributed by atoms with Gasteiger partial charge in [-0.3, -0.25) is 9.59 Å². The molecule has 1 fully saturated rings. The molecule has 1 rings (SSSR count). The van der Waals surface area contributed by atoms with Gasteiger partial charge in [0, 0.05) is 19.5 Å². The molecule has 0 aliphatic carbocycles. The number of ether oxygens (including phenoxy) is 1. The van der Waals surface area contributed by atoms with Gasteiger partial charge in [-0.1, -0.05) is 13.8 Å². The van der Waals surface area contributed by atoms with E-state index in [4.69, 9.17) is 0 Å². The van der Waals surface area contributed by atoms with E-state index in [9.17, 15) is 9.59 Å². The molecule has 20 heavy (non-hydrogen) atoms. The van der Waals surface area contributed by atoms with E-state index in [2.05, 4.69) is 23.9 Å². The summed E-state index contributed by atoms with van der Waals surface area (Å²) in [6, 6.07) is 0. The number of amides is 1. The highest BCUT2D eigenvalue weighted by Crippen LogP contribution is 2.15. The zero-order valence-corrected chi connectivity index (χ0v) is 13.5. The average Bonchev–Trinajstić information content (AvgIpc) is 2.86. The quantitative estimate of drug-likeness (QED) is 0.723. The summed E-state index contributed by atoms with van der Waals surface area (Å²) in [6.07, 6.45) is 1.93. The fourth-order valence-electron chi connectivity index (χ4n) is 2.35. The molecule has 1 unspecified atom stereocenters. The van der Waals surface area contributed by atoms with Crippen LogP contribution in [0, 0.1) is 11.8 Å². The summed E-state index contributed by atoms with van der Waals surface area (Å²) in [5.74, 6) is 0.749. The van der Waals surface area contributed by atoms with Crippen molar-refractivity contribution in [2.24, 2.45) is 11.8 Å². The summed E-state index contributed by atoms with van der Waals surface area (Å²) in [6.45, 7) is 7.26. The van der Waals surface area contributed by atoms with Crippen LogP contribution >= 0.6 is 12.4 Å². The van der Waals surface area contributed by atoms with E-state index in [1.807, 2.05) is 0 Å². The first kappa shape index (κ1) is 19.2. The molecular formula is C14H27ClN2O3. The van der Waals surface area contributed by atoms with Gasteiger partial charge in [-0.05, 0) is 31.3 Å². The average molecular weight is 307 g/mol. The van der Waals surface area contributed by atoms with E-state index in [-0.39, 0.29) is 30.7 Å². The number of methoxy groups -OCH3 is 1.